The van der Waals surface area contributed by atoms with Gasteiger partial charge in [0.05, 0.1) is 41.6 Å². The zero-order valence-electron chi connectivity index (χ0n) is 46.7. The number of likely N-dealkylation sites (N-methyl/N-ethyl adjacent to an activating group) is 2. The van der Waals surface area contributed by atoms with Crippen LogP contribution >= 0.6 is 34.7 Å². The minimum atomic E-state index is -1.64. The number of carbonyl (C=O) groups is 4. The van der Waals surface area contributed by atoms with Crippen molar-refractivity contribution in [3.8, 4) is 16.2 Å². The zero-order valence-corrected chi connectivity index (χ0v) is 49.1. The van der Waals surface area contributed by atoms with Crippen LogP contribution in [-0.2, 0) is 33.2 Å². The third kappa shape index (κ3) is 27.1. The number of amidine groups is 1. The van der Waals surface area contributed by atoms with E-state index in [-0.39, 0.29) is 17.1 Å². The van der Waals surface area contributed by atoms with Crippen molar-refractivity contribution in [1.29, 1.82) is 0 Å². The Hall–Kier alpha value is -5.38. The highest BCUT2D eigenvalue weighted by atomic mass is 35.5. The number of aliphatic hydroxyl groups is 1. The number of aryl methyl sites for hydroxylation is 1. The largest absolute Gasteiger partial charge is 0.495 e. The van der Waals surface area contributed by atoms with Crippen molar-refractivity contribution < 1.29 is 33.4 Å². The molecule has 6 rings (SSSR count). The van der Waals surface area contributed by atoms with Crippen LogP contribution in [0.2, 0.25) is 0 Å². The number of ether oxygens (including phenoxy) is 1. The fourth-order valence-corrected chi connectivity index (χ4v) is 9.27. The molecular formula is C56H84ClFN10O6S2. The molecule has 5 N–H and O–H groups in total. The van der Waals surface area contributed by atoms with E-state index in [1.54, 1.807) is 36.6 Å². The van der Waals surface area contributed by atoms with E-state index in [1.807, 2.05) is 43.4 Å². The summed E-state index contributed by atoms with van der Waals surface area (Å²) in [4.78, 5) is 61.9. The van der Waals surface area contributed by atoms with E-state index in [0.717, 1.165) is 81.1 Å². The van der Waals surface area contributed by atoms with Crippen molar-refractivity contribution in [3.05, 3.63) is 111 Å². The average molecular weight is 1110 g/mol. The van der Waals surface area contributed by atoms with E-state index in [2.05, 4.69) is 129 Å². The first kappa shape index (κ1) is 68.6. The molecule has 1 aromatic heterocycles. The molecule has 2 aliphatic heterocycles. The number of nitrogens with one attached hydrogen (secondary N) is 4. The van der Waals surface area contributed by atoms with Crippen LogP contribution in [0.15, 0.2) is 93.5 Å². The first-order valence-electron chi connectivity index (χ1n) is 24.9. The monoisotopic (exact) mass is 1110 g/mol. The lowest BCUT2D eigenvalue weighted by Crippen LogP contribution is -2.44. The number of anilines is 1. The van der Waals surface area contributed by atoms with Gasteiger partial charge in [-0.1, -0.05) is 60.1 Å². The minimum Gasteiger partial charge on any atom is -0.495 e. The van der Waals surface area contributed by atoms with E-state index in [1.165, 1.54) is 68.1 Å². The van der Waals surface area contributed by atoms with Crippen molar-refractivity contribution in [2.24, 2.45) is 9.98 Å². The molecule has 20 heteroatoms. The molecule has 0 bridgehead atoms. The van der Waals surface area contributed by atoms with Crippen LogP contribution in [0.5, 0.6) is 5.75 Å². The number of carbonyl (C=O) groups excluding carboxylic acids is 4. The number of rotatable bonds is 20. The summed E-state index contributed by atoms with van der Waals surface area (Å²) < 4.78 is 16.8. The molecule has 420 valence electrons. The Morgan fingerprint density at radius 3 is 2.14 bits per heavy atom. The minimum absolute atomic E-state index is 0.121. The molecule has 0 spiro atoms. The third-order valence-corrected chi connectivity index (χ3v) is 14.6. The second-order valence-electron chi connectivity index (χ2n) is 18.7. The van der Waals surface area contributed by atoms with Crippen molar-refractivity contribution >= 4 is 78.2 Å². The number of amides is 1. The van der Waals surface area contributed by atoms with Gasteiger partial charge in [0.1, 0.15) is 29.2 Å². The number of methoxy groups -OCH3 is 1. The summed E-state index contributed by atoms with van der Waals surface area (Å²) in [6, 6.07) is 22.9. The molecule has 0 radical (unpaired) electrons. The molecule has 3 heterocycles. The van der Waals surface area contributed by atoms with Crippen molar-refractivity contribution in [1.82, 2.24) is 35.6 Å². The lowest BCUT2D eigenvalue weighted by Gasteiger charge is -2.32. The average Bonchev–Trinajstić information content (AvgIpc) is 4.03. The molecule has 0 aliphatic carbocycles. The maximum Gasteiger partial charge on any atom is 0.207 e. The maximum absolute atomic E-state index is 11.8. The quantitative estimate of drug-likeness (QED) is 0.0245. The predicted molar refractivity (Wildman–Crippen MR) is 316 cm³/mol. The van der Waals surface area contributed by atoms with Crippen molar-refractivity contribution in [2.45, 2.75) is 95.7 Å². The Kier molecular flexibility index (Phi) is 34.5. The molecule has 3 aromatic carbocycles. The van der Waals surface area contributed by atoms with Gasteiger partial charge in [-0.25, -0.2) is 9.37 Å². The summed E-state index contributed by atoms with van der Waals surface area (Å²) in [5, 5.41) is 19.2. The van der Waals surface area contributed by atoms with Crippen LogP contribution in [0, 0.1) is 6.92 Å². The van der Waals surface area contributed by atoms with Gasteiger partial charge in [-0.3, -0.25) is 29.3 Å². The molecule has 16 nitrogen and oxygen atoms in total. The SMILES string of the molecule is C=N/C=C(/Cl)C(=NC)NCNc1ccc(C=O)cc1OC.CC(C)(F)C=O.CNC(C=O)C(C)(C)SCc1cccc(CN2CCN(C)CC2)c1.CO.C[C@@H]1CCCN1C.Cc1ncsc1-c1ccc(CNC=O)cc1. The van der Waals surface area contributed by atoms with Gasteiger partial charge in [0.15, 0.2) is 12.0 Å². The van der Waals surface area contributed by atoms with Gasteiger partial charge >= 0.3 is 0 Å². The highest BCUT2D eigenvalue weighted by molar-refractivity contribution is 7.99. The predicted octanol–water partition coefficient (Wildman–Crippen LogP) is 8.52. The number of halogens is 2. The number of hydrogen-bond acceptors (Lipinski definition) is 16. The van der Waals surface area contributed by atoms with E-state index in [4.69, 9.17) is 21.4 Å². The Morgan fingerprint density at radius 2 is 1.66 bits per heavy atom. The number of hydrogen-bond donors (Lipinski definition) is 5. The highest BCUT2D eigenvalue weighted by Gasteiger charge is 2.28. The molecule has 76 heavy (non-hydrogen) atoms. The van der Waals surface area contributed by atoms with Crippen LogP contribution < -0.4 is 26.0 Å². The summed E-state index contributed by atoms with van der Waals surface area (Å²) in [6.45, 7) is 22.2. The smallest absolute Gasteiger partial charge is 0.207 e. The number of thioether (sulfide) groups is 1. The molecule has 4 aromatic rings. The molecule has 2 saturated heterocycles. The first-order valence-corrected chi connectivity index (χ1v) is 27.1. The second-order valence-corrected chi connectivity index (χ2v) is 21.5. The number of likely N-dealkylation sites (tertiary alicyclic amines) is 1. The van der Waals surface area contributed by atoms with Crippen LogP contribution in [0.1, 0.15) is 80.2 Å². The van der Waals surface area contributed by atoms with Crippen LogP contribution in [-0.4, -0.2) is 167 Å². The van der Waals surface area contributed by atoms with Gasteiger partial charge in [-0.05, 0) is 129 Å². The number of aldehydes is 3. The second kappa shape index (κ2) is 38.2. The molecular weight excluding hydrogens is 1030 g/mol. The Bertz CT molecular complexity index is 2350. The lowest BCUT2D eigenvalue weighted by atomic mass is 10.1. The van der Waals surface area contributed by atoms with Crippen molar-refractivity contribution in [2.75, 3.05) is 87.1 Å². The molecule has 1 amide bonds. The number of nitrogens with zero attached hydrogens (tertiary/aromatic N) is 6. The van der Waals surface area contributed by atoms with E-state index in [9.17, 15) is 23.6 Å². The zero-order chi connectivity index (χ0) is 57.1. The molecule has 2 fully saturated rings. The maximum atomic E-state index is 11.8. The Morgan fingerprint density at radius 1 is 1.00 bits per heavy atom. The van der Waals surface area contributed by atoms with E-state index in [0.29, 0.717) is 41.8 Å². The lowest BCUT2D eigenvalue weighted by molar-refractivity contribution is -0.116. The number of aromatic nitrogens is 1. The number of thiazole rings is 1. The number of aliphatic hydroxyl groups excluding tert-OH is 1. The van der Waals surface area contributed by atoms with Gasteiger partial charge < -0.3 is 45.7 Å². The van der Waals surface area contributed by atoms with Crippen LogP contribution in [0.25, 0.3) is 10.4 Å². The van der Waals surface area contributed by atoms with Gasteiger partial charge in [0.25, 0.3) is 0 Å². The summed E-state index contributed by atoms with van der Waals surface area (Å²) in [5.41, 5.74) is 7.55. The first-order chi connectivity index (χ1) is 36.3. The highest BCUT2D eigenvalue weighted by Crippen LogP contribution is 2.31. The van der Waals surface area contributed by atoms with Gasteiger partial charge in [0.2, 0.25) is 6.41 Å². The number of aliphatic imine (C=N–C) groups is 2. The summed E-state index contributed by atoms with van der Waals surface area (Å²) in [7, 11) is 10.4. The summed E-state index contributed by atoms with van der Waals surface area (Å²) >= 11 is 9.44. The molecule has 2 aliphatic rings. The third-order valence-electron chi connectivity index (χ3n) is 11.9. The van der Waals surface area contributed by atoms with Gasteiger partial charge in [-0.15, -0.1) is 23.1 Å². The Balaban J connectivity index is 0.000000506. The normalized spacial score (nSPS) is 15.3. The van der Waals surface area contributed by atoms with Crippen LogP contribution in [0.3, 0.4) is 0 Å². The number of benzene rings is 3. The standard InChI is InChI=1S/C19H31N3OS.C14H17ClN4O2.C12H12N2OS.C6H13N.C4H7FO.CH4O/c1-19(2,18(14-23)20-3)24-15-17-7-5-6-16(12-17)13-22-10-8-21(4)9-11-22;1-16-7-11(15)14(17-2)19-9-18-12-5-4-10(8-20)6-13(12)21-3;1-9-12(16-8-14-9)11-4-2-10(3-5-11)6-13-7-15;1-6-4-3-5-7(6)2;1-4(2,5)3-6;1-2/h5-7,12,14,18,20H,8-11,13,15H2,1-4H3;4-8,18H,1,9H2,2-3H3,(H,17,19);2-5,7-8H,6H2,1H3,(H,13,15);6H,3-5H2,1-2H3;3H,1-2H3;2H,1H3/b;11-7+;;;;/t;;;6-;;/m...1../s1. The summed E-state index contributed by atoms with van der Waals surface area (Å²) in [5.74, 6) is 1.99. The topological polar surface area (TPSA) is 193 Å². The number of piperazine rings is 1. The Labute approximate surface area is 465 Å². The van der Waals surface area contributed by atoms with E-state index < -0.39 is 5.67 Å². The van der Waals surface area contributed by atoms with E-state index >= 15 is 0 Å². The fraction of sp³-hybridized carbons (Fsp3) is 0.482. The van der Waals surface area contributed by atoms with Gasteiger partial charge in [0, 0.05) is 81.7 Å². The molecule has 0 saturated carbocycles. The number of alkyl halides is 1. The van der Waals surface area contributed by atoms with Gasteiger partial charge in [-0.2, -0.15) is 0 Å². The molecule has 1 unspecified atom stereocenters. The summed E-state index contributed by atoms with van der Waals surface area (Å²) in [6.07, 6.45) is 6.95. The fourth-order valence-electron chi connectivity index (χ4n) is 7.17. The van der Waals surface area contributed by atoms with Crippen molar-refractivity contribution in [3.63, 3.8) is 0 Å². The molecule has 2 atom stereocenters. The van der Waals surface area contributed by atoms with Crippen LogP contribution in [0.4, 0.5) is 10.1 Å².